The predicted molar refractivity (Wildman–Crippen MR) is 114 cm³/mol. The lowest BCUT2D eigenvalue weighted by Crippen LogP contribution is -2.34. The highest BCUT2D eigenvalue weighted by molar-refractivity contribution is 5.79. The molecule has 0 N–H and O–H groups in total. The number of hydrogen-bond acceptors (Lipinski definition) is 4. The molecule has 5 heteroatoms. The van der Waals surface area contributed by atoms with Gasteiger partial charge in [-0.25, -0.2) is 0 Å². The molecule has 29 heavy (non-hydrogen) atoms. The SMILES string of the molecule is CN1CCN(Cc2ccncc2)CC(Cc2ccc(-c3ccncc3)cc2)C1=O. The maximum atomic E-state index is 12.9. The molecule has 1 amide bonds. The molecule has 3 aromatic rings. The number of likely N-dealkylation sites (N-methyl/N-ethyl adjacent to an activating group) is 1. The molecule has 148 valence electrons. The van der Waals surface area contributed by atoms with Gasteiger partial charge < -0.3 is 4.90 Å². The molecule has 3 heterocycles. The van der Waals surface area contributed by atoms with E-state index in [0.717, 1.165) is 38.2 Å². The molecule has 0 spiro atoms. The van der Waals surface area contributed by atoms with Gasteiger partial charge in [-0.15, -0.1) is 0 Å². The van der Waals surface area contributed by atoms with Crippen LogP contribution in [0.3, 0.4) is 0 Å². The highest BCUT2D eigenvalue weighted by Gasteiger charge is 2.28. The Morgan fingerprint density at radius 3 is 2.14 bits per heavy atom. The zero-order chi connectivity index (χ0) is 20.1. The van der Waals surface area contributed by atoms with E-state index >= 15 is 0 Å². The van der Waals surface area contributed by atoms with Crippen molar-refractivity contribution in [3.05, 3.63) is 84.4 Å². The second-order valence-corrected chi connectivity index (χ2v) is 7.68. The summed E-state index contributed by atoms with van der Waals surface area (Å²) in [7, 11) is 1.91. The molecule has 1 fully saturated rings. The number of aromatic nitrogens is 2. The summed E-state index contributed by atoms with van der Waals surface area (Å²) < 4.78 is 0. The fourth-order valence-electron chi connectivity index (χ4n) is 3.90. The minimum absolute atomic E-state index is 0.0314. The average Bonchev–Trinajstić information content (AvgIpc) is 2.90. The smallest absolute Gasteiger partial charge is 0.227 e. The fourth-order valence-corrected chi connectivity index (χ4v) is 3.90. The first kappa shape index (κ1) is 19.3. The van der Waals surface area contributed by atoms with Gasteiger partial charge in [0.15, 0.2) is 0 Å². The summed E-state index contributed by atoms with van der Waals surface area (Å²) in [6, 6.07) is 16.6. The van der Waals surface area contributed by atoms with E-state index in [1.54, 1.807) is 12.4 Å². The Morgan fingerprint density at radius 1 is 0.828 bits per heavy atom. The molecule has 0 aliphatic carbocycles. The molecule has 1 aliphatic heterocycles. The lowest BCUT2D eigenvalue weighted by atomic mass is 9.96. The minimum Gasteiger partial charge on any atom is -0.344 e. The summed E-state index contributed by atoms with van der Waals surface area (Å²) >= 11 is 0. The number of hydrogen-bond donors (Lipinski definition) is 0. The van der Waals surface area contributed by atoms with Crippen LogP contribution in [0.5, 0.6) is 0 Å². The van der Waals surface area contributed by atoms with E-state index in [-0.39, 0.29) is 11.8 Å². The summed E-state index contributed by atoms with van der Waals surface area (Å²) in [5.41, 5.74) is 4.75. The molecule has 0 bridgehead atoms. The van der Waals surface area contributed by atoms with Crippen LogP contribution in [0.4, 0.5) is 0 Å². The van der Waals surface area contributed by atoms with Crippen molar-refractivity contribution < 1.29 is 4.79 Å². The van der Waals surface area contributed by atoms with Crippen molar-refractivity contribution in [2.24, 2.45) is 5.92 Å². The third-order valence-corrected chi connectivity index (χ3v) is 5.56. The van der Waals surface area contributed by atoms with Crippen LogP contribution in [0.1, 0.15) is 11.1 Å². The third-order valence-electron chi connectivity index (χ3n) is 5.56. The number of amides is 1. The quantitative estimate of drug-likeness (QED) is 0.675. The molecule has 0 saturated carbocycles. The van der Waals surface area contributed by atoms with Crippen LogP contribution in [0.25, 0.3) is 11.1 Å². The number of nitrogens with zero attached hydrogens (tertiary/aromatic N) is 4. The van der Waals surface area contributed by atoms with Gasteiger partial charge in [0.05, 0.1) is 5.92 Å². The summed E-state index contributed by atoms with van der Waals surface area (Å²) in [6.07, 6.45) is 8.02. The first-order valence-electron chi connectivity index (χ1n) is 10.0. The van der Waals surface area contributed by atoms with Crippen LogP contribution < -0.4 is 0 Å². The van der Waals surface area contributed by atoms with E-state index in [4.69, 9.17) is 0 Å². The van der Waals surface area contributed by atoms with Gasteiger partial charge in [0.1, 0.15) is 0 Å². The third kappa shape index (κ3) is 4.87. The molecule has 1 aromatic carbocycles. The Balaban J connectivity index is 1.47. The minimum atomic E-state index is -0.0314. The summed E-state index contributed by atoms with van der Waals surface area (Å²) in [5, 5.41) is 0. The highest BCUT2D eigenvalue weighted by Crippen LogP contribution is 2.22. The van der Waals surface area contributed by atoms with Gasteiger partial charge in [-0.3, -0.25) is 19.7 Å². The maximum absolute atomic E-state index is 12.9. The Kier molecular flexibility index (Phi) is 5.96. The van der Waals surface area contributed by atoms with Crippen molar-refractivity contribution >= 4 is 5.91 Å². The second-order valence-electron chi connectivity index (χ2n) is 7.68. The fraction of sp³-hybridized carbons (Fsp3) is 0.292. The summed E-state index contributed by atoms with van der Waals surface area (Å²) in [4.78, 5) is 25.4. The van der Waals surface area contributed by atoms with Gasteiger partial charge in [-0.05, 0) is 52.9 Å². The van der Waals surface area contributed by atoms with E-state index in [0.29, 0.717) is 0 Å². The Bertz CT molecular complexity index is 928. The van der Waals surface area contributed by atoms with Gasteiger partial charge in [-0.1, -0.05) is 24.3 Å². The lowest BCUT2D eigenvalue weighted by molar-refractivity contribution is -0.133. The molecule has 4 rings (SSSR count). The van der Waals surface area contributed by atoms with E-state index in [1.165, 1.54) is 16.7 Å². The van der Waals surface area contributed by atoms with Gasteiger partial charge in [0.2, 0.25) is 5.91 Å². The van der Waals surface area contributed by atoms with Crippen molar-refractivity contribution in [3.8, 4) is 11.1 Å². The van der Waals surface area contributed by atoms with Gasteiger partial charge in [-0.2, -0.15) is 0 Å². The summed E-state index contributed by atoms with van der Waals surface area (Å²) in [5.74, 6) is 0.205. The molecule has 2 aromatic heterocycles. The van der Waals surface area contributed by atoms with Crippen molar-refractivity contribution in [3.63, 3.8) is 0 Å². The lowest BCUT2D eigenvalue weighted by Gasteiger charge is -2.23. The number of carbonyl (C=O) groups excluding carboxylic acids is 1. The van der Waals surface area contributed by atoms with Crippen LogP contribution in [0.15, 0.2) is 73.3 Å². The zero-order valence-electron chi connectivity index (χ0n) is 16.7. The van der Waals surface area contributed by atoms with Crippen LogP contribution >= 0.6 is 0 Å². The van der Waals surface area contributed by atoms with Gasteiger partial charge in [0.25, 0.3) is 0 Å². The van der Waals surface area contributed by atoms with Gasteiger partial charge >= 0.3 is 0 Å². The van der Waals surface area contributed by atoms with Crippen molar-refractivity contribution in [1.29, 1.82) is 0 Å². The van der Waals surface area contributed by atoms with E-state index < -0.39 is 0 Å². The molecule has 1 saturated heterocycles. The number of rotatable bonds is 5. The molecule has 0 radical (unpaired) electrons. The number of carbonyl (C=O) groups is 1. The molecular formula is C24H26N4O. The molecule has 1 atom stereocenters. The van der Waals surface area contributed by atoms with Crippen LogP contribution in [0, 0.1) is 5.92 Å². The molecular weight excluding hydrogens is 360 g/mol. The number of pyridine rings is 2. The van der Waals surface area contributed by atoms with Crippen molar-refractivity contribution in [2.45, 2.75) is 13.0 Å². The van der Waals surface area contributed by atoms with Crippen molar-refractivity contribution in [2.75, 3.05) is 26.7 Å². The topological polar surface area (TPSA) is 49.3 Å². The average molecular weight is 386 g/mol. The first-order chi connectivity index (χ1) is 14.2. The normalized spacial score (nSPS) is 17.9. The van der Waals surface area contributed by atoms with Crippen molar-refractivity contribution in [1.82, 2.24) is 19.8 Å². The monoisotopic (exact) mass is 386 g/mol. The van der Waals surface area contributed by atoms with E-state index in [1.807, 2.05) is 48.6 Å². The number of benzene rings is 1. The zero-order valence-corrected chi connectivity index (χ0v) is 16.7. The molecule has 5 nitrogen and oxygen atoms in total. The Labute approximate surface area is 172 Å². The standard InChI is InChI=1S/C24H26N4O/c1-27-14-15-28(17-20-6-10-25-11-7-20)18-23(24(27)29)16-19-2-4-21(5-3-19)22-8-12-26-13-9-22/h2-13,23H,14-18H2,1H3. The Morgan fingerprint density at radius 2 is 1.45 bits per heavy atom. The van der Waals surface area contributed by atoms with Crippen LogP contribution in [-0.4, -0.2) is 52.4 Å². The van der Waals surface area contributed by atoms with E-state index in [9.17, 15) is 4.79 Å². The molecule has 1 aliphatic rings. The maximum Gasteiger partial charge on any atom is 0.227 e. The predicted octanol–water partition coefficient (Wildman–Crippen LogP) is 3.28. The summed E-state index contributed by atoms with van der Waals surface area (Å²) in [6.45, 7) is 3.28. The van der Waals surface area contributed by atoms with Crippen LogP contribution in [0.2, 0.25) is 0 Å². The van der Waals surface area contributed by atoms with E-state index in [2.05, 4.69) is 39.1 Å². The van der Waals surface area contributed by atoms with Crippen LogP contribution in [-0.2, 0) is 17.8 Å². The largest absolute Gasteiger partial charge is 0.344 e. The second kappa shape index (κ2) is 8.97. The first-order valence-corrected chi connectivity index (χ1v) is 10.0. The Hall–Kier alpha value is -3.05. The molecule has 1 unspecified atom stereocenters. The van der Waals surface area contributed by atoms with Gasteiger partial charge in [0, 0.05) is 58.0 Å². The highest BCUT2D eigenvalue weighted by atomic mass is 16.2.